The standard InChI is InChI=1S/C22H18Cl2N2O4/c1-11(17-10-13-6-4-9-16(28-3)21(13)29-17)25-22(27)18-12(2)30-26-20(18)19-14(23)7-5-8-15(19)24/h4-11H,1-3H3,(H,25,27). The summed E-state index contributed by atoms with van der Waals surface area (Å²) < 4.78 is 16.5. The number of furan rings is 1. The molecule has 4 rings (SSSR count). The average molecular weight is 445 g/mol. The first kappa shape index (κ1) is 20.3. The number of para-hydroxylation sites is 1. The summed E-state index contributed by atoms with van der Waals surface area (Å²) in [6.45, 7) is 3.49. The summed E-state index contributed by atoms with van der Waals surface area (Å²) in [7, 11) is 1.58. The fraction of sp³-hybridized carbons (Fsp3) is 0.182. The molecule has 2 aromatic carbocycles. The minimum atomic E-state index is -0.418. The van der Waals surface area contributed by atoms with Gasteiger partial charge in [-0.25, -0.2) is 0 Å². The third kappa shape index (κ3) is 3.53. The van der Waals surface area contributed by atoms with Gasteiger partial charge < -0.3 is 19.0 Å². The van der Waals surface area contributed by atoms with Gasteiger partial charge in [-0.05, 0) is 38.1 Å². The Balaban J connectivity index is 1.66. The lowest BCUT2D eigenvalue weighted by Gasteiger charge is -2.12. The van der Waals surface area contributed by atoms with Gasteiger partial charge in [0, 0.05) is 10.9 Å². The summed E-state index contributed by atoms with van der Waals surface area (Å²) in [4.78, 5) is 13.1. The predicted molar refractivity (Wildman–Crippen MR) is 115 cm³/mol. The van der Waals surface area contributed by atoms with E-state index in [2.05, 4.69) is 10.5 Å². The number of nitrogens with zero attached hydrogens (tertiary/aromatic N) is 1. The van der Waals surface area contributed by atoms with Crippen molar-refractivity contribution in [3.05, 3.63) is 69.6 Å². The molecule has 2 aromatic heterocycles. The molecule has 1 amide bonds. The van der Waals surface area contributed by atoms with E-state index in [0.29, 0.717) is 44.2 Å². The first-order valence-electron chi connectivity index (χ1n) is 9.18. The van der Waals surface area contributed by atoms with Crippen LogP contribution in [0.15, 0.2) is 51.4 Å². The summed E-state index contributed by atoms with van der Waals surface area (Å²) in [6.07, 6.45) is 0. The zero-order valence-electron chi connectivity index (χ0n) is 16.5. The number of fused-ring (bicyclic) bond motifs is 1. The van der Waals surface area contributed by atoms with Crippen molar-refractivity contribution in [1.82, 2.24) is 10.5 Å². The fourth-order valence-electron chi connectivity index (χ4n) is 3.30. The van der Waals surface area contributed by atoms with Gasteiger partial charge in [-0.15, -0.1) is 0 Å². The van der Waals surface area contributed by atoms with E-state index >= 15 is 0 Å². The largest absolute Gasteiger partial charge is 0.493 e. The van der Waals surface area contributed by atoms with Crippen molar-refractivity contribution in [2.45, 2.75) is 19.9 Å². The van der Waals surface area contributed by atoms with Gasteiger partial charge in [0.2, 0.25) is 0 Å². The Morgan fingerprint density at radius 3 is 2.57 bits per heavy atom. The van der Waals surface area contributed by atoms with E-state index in [-0.39, 0.29) is 11.5 Å². The van der Waals surface area contributed by atoms with Crippen LogP contribution in [0.1, 0.15) is 34.8 Å². The third-order valence-corrected chi connectivity index (χ3v) is 5.44. The molecule has 0 spiro atoms. The number of rotatable bonds is 5. The number of hydrogen-bond acceptors (Lipinski definition) is 5. The molecule has 0 saturated heterocycles. The Morgan fingerprint density at radius 2 is 1.87 bits per heavy atom. The van der Waals surface area contributed by atoms with E-state index in [0.717, 1.165) is 5.39 Å². The second kappa shape index (κ2) is 8.05. The van der Waals surface area contributed by atoms with E-state index in [9.17, 15) is 4.79 Å². The molecule has 2 heterocycles. The Hall–Kier alpha value is -2.96. The molecule has 0 radical (unpaired) electrons. The minimum Gasteiger partial charge on any atom is -0.493 e. The molecule has 0 aliphatic carbocycles. The first-order chi connectivity index (χ1) is 14.4. The molecule has 154 valence electrons. The van der Waals surface area contributed by atoms with Crippen molar-refractivity contribution < 1.29 is 18.5 Å². The van der Waals surface area contributed by atoms with Crippen molar-refractivity contribution in [2.24, 2.45) is 0 Å². The second-order valence-corrected chi connectivity index (χ2v) is 7.60. The summed E-state index contributed by atoms with van der Waals surface area (Å²) in [6, 6.07) is 12.1. The zero-order chi connectivity index (χ0) is 21.4. The van der Waals surface area contributed by atoms with Crippen molar-refractivity contribution >= 4 is 40.1 Å². The highest BCUT2D eigenvalue weighted by Crippen LogP contribution is 2.37. The molecule has 0 aliphatic rings. The monoisotopic (exact) mass is 444 g/mol. The van der Waals surface area contributed by atoms with Crippen LogP contribution < -0.4 is 10.1 Å². The highest BCUT2D eigenvalue weighted by Gasteiger charge is 2.26. The molecular weight excluding hydrogens is 427 g/mol. The lowest BCUT2D eigenvalue weighted by molar-refractivity contribution is 0.0934. The van der Waals surface area contributed by atoms with Crippen LogP contribution in [0.4, 0.5) is 0 Å². The highest BCUT2D eigenvalue weighted by molar-refractivity contribution is 6.39. The van der Waals surface area contributed by atoms with Crippen LogP contribution in [0.3, 0.4) is 0 Å². The number of benzene rings is 2. The van der Waals surface area contributed by atoms with E-state index in [1.807, 2.05) is 31.2 Å². The number of ether oxygens (including phenoxy) is 1. The molecule has 1 atom stereocenters. The van der Waals surface area contributed by atoms with E-state index in [4.69, 9.17) is 36.9 Å². The lowest BCUT2D eigenvalue weighted by Crippen LogP contribution is -2.27. The summed E-state index contributed by atoms with van der Waals surface area (Å²) in [5.74, 6) is 1.20. The minimum absolute atomic E-state index is 0.269. The number of methoxy groups -OCH3 is 1. The number of aryl methyl sites for hydroxylation is 1. The Bertz CT molecular complexity index is 1230. The number of carbonyl (C=O) groups excluding carboxylic acids is 1. The highest BCUT2D eigenvalue weighted by atomic mass is 35.5. The molecular formula is C22H18Cl2N2O4. The van der Waals surface area contributed by atoms with Gasteiger partial charge in [-0.2, -0.15) is 0 Å². The van der Waals surface area contributed by atoms with Gasteiger partial charge in [0.15, 0.2) is 11.3 Å². The molecule has 6 nitrogen and oxygen atoms in total. The number of aromatic nitrogens is 1. The molecule has 0 fully saturated rings. The quantitative estimate of drug-likeness (QED) is 0.396. The molecule has 0 aliphatic heterocycles. The Morgan fingerprint density at radius 1 is 1.17 bits per heavy atom. The summed E-state index contributed by atoms with van der Waals surface area (Å²) in [5, 5.41) is 8.59. The Labute approximate surface area is 182 Å². The van der Waals surface area contributed by atoms with Crippen molar-refractivity contribution in [3.63, 3.8) is 0 Å². The Kier molecular flexibility index (Phi) is 5.45. The molecule has 30 heavy (non-hydrogen) atoms. The number of amides is 1. The van der Waals surface area contributed by atoms with Crippen LogP contribution in [-0.2, 0) is 0 Å². The number of halogens is 2. The molecule has 1 N–H and O–H groups in total. The molecule has 4 aromatic rings. The second-order valence-electron chi connectivity index (χ2n) is 6.78. The van der Waals surface area contributed by atoms with Crippen molar-refractivity contribution in [1.29, 1.82) is 0 Å². The molecule has 0 saturated carbocycles. The number of nitrogens with one attached hydrogen (secondary N) is 1. The van der Waals surface area contributed by atoms with Gasteiger partial charge in [0.1, 0.15) is 22.8 Å². The molecule has 8 heteroatoms. The van der Waals surface area contributed by atoms with Crippen LogP contribution >= 0.6 is 23.2 Å². The van der Waals surface area contributed by atoms with Crippen LogP contribution in [0.25, 0.3) is 22.2 Å². The summed E-state index contributed by atoms with van der Waals surface area (Å²) in [5.41, 5.74) is 1.63. The van der Waals surface area contributed by atoms with Crippen LogP contribution in [-0.4, -0.2) is 18.2 Å². The van der Waals surface area contributed by atoms with Crippen LogP contribution in [0.2, 0.25) is 10.0 Å². The maximum absolute atomic E-state index is 13.1. The van der Waals surface area contributed by atoms with Gasteiger partial charge in [-0.3, -0.25) is 4.79 Å². The third-order valence-electron chi connectivity index (χ3n) is 4.81. The van der Waals surface area contributed by atoms with E-state index in [1.165, 1.54) is 0 Å². The fourth-order valence-corrected chi connectivity index (χ4v) is 3.88. The first-order valence-corrected chi connectivity index (χ1v) is 9.94. The topological polar surface area (TPSA) is 77.5 Å². The SMILES string of the molecule is COc1cccc2cc(C(C)NC(=O)c3c(-c4c(Cl)cccc4Cl)noc3C)oc12. The average Bonchev–Trinajstić information content (AvgIpc) is 3.31. The smallest absolute Gasteiger partial charge is 0.257 e. The summed E-state index contributed by atoms with van der Waals surface area (Å²) >= 11 is 12.6. The lowest BCUT2D eigenvalue weighted by atomic mass is 10.0. The maximum Gasteiger partial charge on any atom is 0.257 e. The number of hydrogen-bond donors (Lipinski definition) is 1. The van der Waals surface area contributed by atoms with Crippen molar-refractivity contribution in [2.75, 3.05) is 7.11 Å². The van der Waals surface area contributed by atoms with Gasteiger partial charge >= 0.3 is 0 Å². The van der Waals surface area contributed by atoms with E-state index in [1.54, 1.807) is 32.2 Å². The van der Waals surface area contributed by atoms with Gasteiger partial charge in [0.05, 0.1) is 23.2 Å². The molecule has 0 bridgehead atoms. The molecule has 1 unspecified atom stereocenters. The van der Waals surface area contributed by atoms with Gasteiger partial charge in [-0.1, -0.05) is 46.6 Å². The predicted octanol–water partition coefficient (Wildman–Crippen LogP) is 6.20. The van der Waals surface area contributed by atoms with E-state index < -0.39 is 6.04 Å². The number of carbonyl (C=O) groups is 1. The van der Waals surface area contributed by atoms with Crippen LogP contribution in [0, 0.1) is 6.92 Å². The maximum atomic E-state index is 13.1. The zero-order valence-corrected chi connectivity index (χ0v) is 18.0. The van der Waals surface area contributed by atoms with Crippen LogP contribution in [0.5, 0.6) is 5.75 Å². The van der Waals surface area contributed by atoms with Gasteiger partial charge in [0.25, 0.3) is 5.91 Å². The normalized spacial score (nSPS) is 12.2. The van der Waals surface area contributed by atoms with Crippen molar-refractivity contribution in [3.8, 4) is 17.0 Å².